The van der Waals surface area contributed by atoms with Gasteiger partial charge < -0.3 is 9.80 Å². The van der Waals surface area contributed by atoms with Gasteiger partial charge >= 0.3 is 0 Å². The van der Waals surface area contributed by atoms with Gasteiger partial charge in [0.1, 0.15) is 0 Å². The maximum atomic E-state index is 13.1. The average molecular weight is 413 g/mol. The molecule has 2 aromatic rings. The van der Waals surface area contributed by atoms with Gasteiger partial charge in [-0.05, 0) is 55.2 Å². The number of rotatable bonds is 4. The summed E-state index contributed by atoms with van der Waals surface area (Å²) in [5, 5.41) is -0.828. The highest BCUT2D eigenvalue weighted by Crippen LogP contribution is 2.32. The first-order chi connectivity index (χ1) is 13.8. The number of amides is 2. The quantitative estimate of drug-likeness (QED) is 0.774. The summed E-state index contributed by atoms with van der Waals surface area (Å²) in [7, 11) is -3.65. The van der Waals surface area contributed by atoms with Crippen molar-refractivity contribution in [2.75, 3.05) is 22.9 Å². The van der Waals surface area contributed by atoms with E-state index in [2.05, 4.69) is 0 Å². The zero-order valence-electron chi connectivity index (χ0n) is 16.6. The normalized spacial score (nSPS) is 16.5. The Kier molecular flexibility index (Phi) is 4.94. The number of hydrogen-bond donors (Lipinski definition) is 0. The molecule has 6 nitrogen and oxygen atoms in total. The van der Waals surface area contributed by atoms with Crippen molar-refractivity contribution in [3.63, 3.8) is 0 Å². The van der Waals surface area contributed by atoms with Gasteiger partial charge in [0.05, 0.1) is 10.1 Å². The van der Waals surface area contributed by atoms with Crippen LogP contribution in [0.25, 0.3) is 0 Å². The molecule has 0 aromatic heterocycles. The fourth-order valence-electron chi connectivity index (χ4n) is 4.18. The molecule has 2 aliphatic heterocycles. The van der Waals surface area contributed by atoms with Crippen molar-refractivity contribution in [3.8, 4) is 0 Å². The molecule has 2 aromatic carbocycles. The first-order valence-corrected chi connectivity index (χ1v) is 11.4. The van der Waals surface area contributed by atoms with E-state index in [1.807, 2.05) is 24.3 Å². The molecular weight excluding hydrogens is 388 g/mol. The lowest BCUT2D eigenvalue weighted by Crippen LogP contribution is -2.33. The molecule has 4 rings (SSSR count). The first kappa shape index (κ1) is 19.6. The van der Waals surface area contributed by atoms with Crippen molar-refractivity contribution < 1.29 is 18.0 Å². The minimum Gasteiger partial charge on any atom is -0.312 e. The van der Waals surface area contributed by atoms with Crippen molar-refractivity contribution in [3.05, 3.63) is 53.6 Å². The molecular formula is C22H24N2O4S. The topological polar surface area (TPSA) is 74.8 Å². The summed E-state index contributed by atoms with van der Waals surface area (Å²) in [5.41, 5.74) is 3.62. The van der Waals surface area contributed by atoms with Crippen LogP contribution >= 0.6 is 0 Å². The van der Waals surface area contributed by atoms with Crippen LogP contribution in [0.3, 0.4) is 0 Å². The Morgan fingerprint density at radius 1 is 0.966 bits per heavy atom. The van der Waals surface area contributed by atoms with E-state index in [4.69, 9.17) is 0 Å². The first-order valence-electron chi connectivity index (χ1n) is 9.82. The smallest absolute Gasteiger partial charge is 0.228 e. The third-order valence-corrected chi connectivity index (χ3v) is 7.97. The molecule has 152 valence electrons. The molecule has 0 saturated heterocycles. The van der Waals surface area contributed by atoms with Gasteiger partial charge in [0.25, 0.3) is 0 Å². The maximum absolute atomic E-state index is 13.1. The highest BCUT2D eigenvalue weighted by atomic mass is 32.2. The van der Waals surface area contributed by atoms with Gasteiger partial charge in [-0.1, -0.05) is 18.2 Å². The fourth-order valence-corrected chi connectivity index (χ4v) is 5.57. The predicted octanol–water partition coefficient (Wildman–Crippen LogP) is 2.74. The van der Waals surface area contributed by atoms with E-state index in [1.54, 1.807) is 34.9 Å². The van der Waals surface area contributed by atoms with Gasteiger partial charge in [-0.3, -0.25) is 9.59 Å². The van der Waals surface area contributed by atoms with Crippen LogP contribution < -0.4 is 9.80 Å². The summed E-state index contributed by atoms with van der Waals surface area (Å²) in [6, 6.07) is 12.6. The van der Waals surface area contributed by atoms with Gasteiger partial charge in [0, 0.05) is 37.8 Å². The number of benzene rings is 2. The fraction of sp³-hybridized carbons (Fsp3) is 0.364. The van der Waals surface area contributed by atoms with Crippen molar-refractivity contribution in [1.82, 2.24) is 0 Å². The maximum Gasteiger partial charge on any atom is 0.228 e. The van der Waals surface area contributed by atoms with Crippen LogP contribution in [0.4, 0.5) is 11.4 Å². The van der Waals surface area contributed by atoms with E-state index in [0.717, 1.165) is 28.9 Å². The van der Waals surface area contributed by atoms with Crippen LogP contribution in [0.15, 0.2) is 47.4 Å². The lowest BCUT2D eigenvalue weighted by atomic mass is 10.2. The molecule has 0 fully saturated rings. The summed E-state index contributed by atoms with van der Waals surface area (Å²) in [4.78, 5) is 28.1. The molecule has 0 spiro atoms. The van der Waals surface area contributed by atoms with Crippen LogP contribution in [0.5, 0.6) is 0 Å². The van der Waals surface area contributed by atoms with Crippen LogP contribution in [-0.4, -0.2) is 38.6 Å². The number of nitrogens with zero attached hydrogens (tertiary/aromatic N) is 2. The van der Waals surface area contributed by atoms with E-state index < -0.39 is 15.1 Å². The lowest BCUT2D eigenvalue weighted by molar-refractivity contribution is -0.118. The molecule has 0 N–H and O–H groups in total. The summed E-state index contributed by atoms with van der Waals surface area (Å²) in [6.07, 6.45) is 1.37. The highest BCUT2D eigenvalue weighted by molar-refractivity contribution is 7.92. The molecule has 2 aliphatic rings. The van der Waals surface area contributed by atoms with Gasteiger partial charge in [-0.15, -0.1) is 0 Å². The Morgan fingerprint density at radius 2 is 1.62 bits per heavy atom. The number of hydrogen-bond acceptors (Lipinski definition) is 4. The third kappa shape index (κ3) is 3.44. The van der Waals surface area contributed by atoms with E-state index in [0.29, 0.717) is 19.5 Å². The molecule has 0 radical (unpaired) electrons. The molecule has 0 aliphatic carbocycles. The zero-order chi connectivity index (χ0) is 20.8. The minimum atomic E-state index is -3.65. The number of carbonyl (C=O) groups is 2. The SMILES string of the molecule is CC(=O)N1CCc2cc(S(=O)(=O)[C@@H](C)CC(=O)N3CCc4ccccc43)ccc21. The Hall–Kier alpha value is -2.67. The Morgan fingerprint density at radius 3 is 2.38 bits per heavy atom. The number of anilines is 2. The zero-order valence-corrected chi connectivity index (χ0v) is 17.4. The van der Waals surface area contributed by atoms with Crippen LogP contribution in [-0.2, 0) is 32.3 Å². The van der Waals surface area contributed by atoms with E-state index >= 15 is 0 Å². The second kappa shape index (κ2) is 7.30. The van der Waals surface area contributed by atoms with Crippen LogP contribution in [0.1, 0.15) is 31.4 Å². The standard InChI is InChI=1S/C22H24N2O4S/c1-15(13-22(26)24-12-9-17-5-3-4-6-20(17)24)29(27,28)19-7-8-21-18(14-19)10-11-23(21)16(2)25/h3-8,14-15H,9-13H2,1-2H3/t15-/m0/s1. The van der Waals surface area contributed by atoms with Crippen molar-refractivity contribution in [2.45, 2.75) is 43.3 Å². The van der Waals surface area contributed by atoms with E-state index in [-0.39, 0.29) is 23.1 Å². The molecule has 0 saturated carbocycles. The largest absolute Gasteiger partial charge is 0.312 e. The molecule has 2 amide bonds. The van der Waals surface area contributed by atoms with E-state index in [1.165, 1.54) is 6.92 Å². The summed E-state index contributed by atoms with van der Waals surface area (Å²) >= 11 is 0. The Balaban J connectivity index is 1.52. The number of sulfone groups is 1. The van der Waals surface area contributed by atoms with Gasteiger partial charge in [-0.25, -0.2) is 8.42 Å². The number of carbonyl (C=O) groups excluding carboxylic acids is 2. The Labute approximate surface area is 171 Å². The van der Waals surface area contributed by atoms with Gasteiger partial charge in [0.2, 0.25) is 11.8 Å². The lowest BCUT2D eigenvalue weighted by Gasteiger charge is -2.20. The van der Waals surface area contributed by atoms with Crippen LogP contribution in [0.2, 0.25) is 0 Å². The van der Waals surface area contributed by atoms with Crippen molar-refractivity contribution in [1.29, 1.82) is 0 Å². The minimum absolute atomic E-state index is 0.0517. The number of fused-ring (bicyclic) bond motifs is 2. The average Bonchev–Trinajstić information content (AvgIpc) is 3.31. The molecule has 0 unspecified atom stereocenters. The second-order valence-corrected chi connectivity index (χ2v) is 10.1. The van der Waals surface area contributed by atoms with Crippen LogP contribution in [0, 0.1) is 0 Å². The second-order valence-electron chi connectivity index (χ2n) is 7.70. The predicted molar refractivity (Wildman–Crippen MR) is 112 cm³/mol. The van der Waals surface area contributed by atoms with Gasteiger partial charge in [0.15, 0.2) is 9.84 Å². The van der Waals surface area contributed by atoms with Crippen molar-refractivity contribution >= 4 is 33.0 Å². The molecule has 2 heterocycles. The number of para-hydroxylation sites is 1. The molecule has 1 atom stereocenters. The van der Waals surface area contributed by atoms with Gasteiger partial charge in [-0.2, -0.15) is 0 Å². The molecule has 0 bridgehead atoms. The molecule has 7 heteroatoms. The third-order valence-electron chi connectivity index (χ3n) is 5.84. The summed E-state index contributed by atoms with van der Waals surface area (Å²) in [5.74, 6) is -0.223. The van der Waals surface area contributed by atoms with Crippen molar-refractivity contribution in [2.24, 2.45) is 0 Å². The highest BCUT2D eigenvalue weighted by Gasteiger charge is 2.32. The summed E-state index contributed by atoms with van der Waals surface area (Å²) in [6.45, 7) is 4.25. The van der Waals surface area contributed by atoms with E-state index in [9.17, 15) is 18.0 Å². The monoisotopic (exact) mass is 412 g/mol. The Bertz CT molecular complexity index is 1090. The summed E-state index contributed by atoms with van der Waals surface area (Å²) < 4.78 is 26.2. The molecule has 29 heavy (non-hydrogen) atoms.